The summed E-state index contributed by atoms with van der Waals surface area (Å²) in [6.07, 6.45) is 3.44. The van der Waals surface area contributed by atoms with Crippen LogP contribution < -0.4 is 5.32 Å². The summed E-state index contributed by atoms with van der Waals surface area (Å²) in [5.74, 6) is 0. The summed E-state index contributed by atoms with van der Waals surface area (Å²) in [6.45, 7) is 0. The number of anilines is 1. The fraction of sp³-hybridized carbons (Fsp3) is 0.286. The highest BCUT2D eigenvalue weighted by Gasteiger charge is 2.21. The molecule has 0 saturated carbocycles. The maximum absolute atomic E-state index is 10.8. The van der Waals surface area contributed by atoms with Gasteiger partial charge in [-0.2, -0.15) is 0 Å². The van der Waals surface area contributed by atoms with E-state index in [1.807, 2.05) is 11.3 Å². The fourth-order valence-electron chi connectivity index (χ4n) is 2.58. The number of nitrogens with zero attached hydrogens (tertiary/aromatic N) is 1. The monoisotopic (exact) mass is 352 g/mol. The van der Waals surface area contributed by atoms with Gasteiger partial charge in [0.25, 0.3) is 5.69 Å². The molecule has 0 fully saturated rings. The highest BCUT2D eigenvalue weighted by molar-refractivity contribution is 9.10. The van der Waals surface area contributed by atoms with Gasteiger partial charge in [-0.15, -0.1) is 11.3 Å². The largest absolute Gasteiger partial charge is 0.378 e. The predicted octanol–water partition coefficient (Wildman–Crippen LogP) is 4.91. The van der Waals surface area contributed by atoms with Crippen molar-refractivity contribution in [1.82, 2.24) is 0 Å². The van der Waals surface area contributed by atoms with E-state index in [2.05, 4.69) is 32.7 Å². The van der Waals surface area contributed by atoms with Crippen LogP contribution >= 0.6 is 27.3 Å². The highest BCUT2D eigenvalue weighted by Crippen LogP contribution is 2.36. The molecule has 1 aromatic heterocycles. The Kier molecular flexibility index (Phi) is 3.76. The zero-order valence-electron chi connectivity index (χ0n) is 10.6. The number of rotatable bonds is 3. The molecule has 0 aliphatic heterocycles. The Labute approximate surface area is 129 Å². The molecule has 104 valence electrons. The third kappa shape index (κ3) is 2.58. The van der Waals surface area contributed by atoms with Crippen LogP contribution in [0.25, 0.3) is 0 Å². The Morgan fingerprint density at radius 2 is 2.25 bits per heavy atom. The average Bonchev–Trinajstić information content (AvgIpc) is 2.87. The highest BCUT2D eigenvalue weighted by atomic mass is 79.9. The van der Waals surface area contributed by atoms with Gasteiger partial charge in [-0.3, -0.25) is 10.1 Å². The predicted molar refractivity (Wildman–Crippen MR) is 84.4 cm³/mol. The number of nitro benzene ring substituents is 1. The minimum atomic E-state index is -0.383. The Balaban J connectivity index is 1.83. The minimum absolute atomic E-state index is 0.0930. The first kappa shape index (κ1) is 13.6. The van der Waals surface area contributed by atoms with Crippen LogP contribution in [0.3, 0.4) is 0 Å². The summed E-state index contributed by atoms with van der Waals surface area (Å²) >= 11 is 5.07. The van der Waals surface area contributed by atoms with E-state index in [4.69, 9.17) is 0 Å². The smallest absolute Gasteiger partial charge is 0.283 e. The van der Waals surface area contributed by atoms with Crippen LogP contribution in [0, 0.1) is 10.1 Å². The normalized spacial score (nSPS) is 17.6. The molecule has 0 bridgehead atoms. The van der Waals surface area contributed by atoms with E-state index in [-0.39, 0.29) is 10.6 Å². The van der Waals surface area contributed by atoms with Gasteiger partial charge in [-0.25, -0.2) is 0 Å². The fourth-order valence-corrected chi connectivity index (χ4v) is 4.09. The van der Waals surface area contributed by atoms with Gasteiger partial charge in [-0.05, 0) is 64.3 Å². The number of hydrogen-bond donors (Lipinski definition) is 1. The number of fused-ring (bicyclic) bond motifs is 1. The molecule has 1 aliphatic rings. The third-order valence-corrected chi connectivity index (χ3v) is 5.17. The van der Waals surface area contributed by atoms with Crippen molar-refractivity contribution in [3.05, 3.63) is 54.7 Å². The summed E-state index contributed by atoms with van der Waals surface area (Å²) in [7, 11) is 0. The number of halogens is 1. The van der Waals surface area contributed by atoms with E-state index in [1.165, 1.54) is 22.9 Å². The first-order valence-corrected chi connectivity index (χ1v) is 8.09. The van der Waals surface area contributed by atoms with Crippen molar-refractivity contribution in [3.8, 4) is 0 Å². The molecule has 1 heterocycles. The van der Waals surface area contributed by atoms with Gasteiger partial charge in [-0.1, -0.05) is 0 Å². The summed E-state index contributed by atoms with van der Waals surface area (Å²) < 4.78 is 0.508. The molecule has 1 aliphatic carbocycles. The van der Waals surface area contributed by atoms with E-state index >= 15 is 0 Å². The van der Waals surface area contributed by atoms with Crippen LogP contribution in [-0.2, 0) is 6.42 Å². The van der Waals surface area contributed by atoms with Crippen molar-refractivity contribution in [1.29, 1.82) is 0 Å². The topological polar surface area (TPSA) is 55.2 Å². The molecule has 1 aromatic carbocycles. The zero-order valence-corrected chi connectivity index (χ0v) is 13.0. The summed E-state index contributed by atoms with van der Waals surface area (Å²) in [6, 6.07) is 7.56. The van der Waals surface area contributed by atoms with Crippen molar-refractivity contribution in [2.45, 2.75) is 25.3 Å². The standard InChI is InChI=1S/C14H13BrN2O2S/c15-11-8-9(4-5-13(11)17(18)19)16-12-2-1-3-14-10(12)6-7-20-14/h4-8,12,16H,1-3H2. The van der Waals surface area contributed by atoms with Crippen LogP contribution in [0.15, 0.2) is 34.1 Å². The van der Waals surface area contributed by atoms with Gasteiger partial charge in [0.15, 0.2) is 0 Å². The average molecular weight is 353 g/mol. The molecule has 0 saturated heterocycles. The first-order valence-electron chi connectivity index (χ1n) is 6.42. The van der Waals surface area contributed by atoms with Crippen molar-refractivity contribution < 1.29 is 4.92 Å². The molecule has 3 rings (SSSR count). The van der Waals surface area contributed by atoms with Crippen molar-refractivity contribution in [2.24, 2.45) is 0 Å². The van der Waals surface area contributed by atoms with Crippen LogP contribution in [0.1, 0.15) is 29.3 Å². The van der Waals surface area contributed by atoms with E-state index in [0.29, 0.717) is 10.5 Å². The van der Waals surface area contributed by atoms with Crippen LogP contribution in [0.2, 0.25) is 0 Å². The second-order valence-electron chi connectivity index (χ2n) is 4.81. The Bertz CT molecular complexity index is 656. The maximum atomic E-state index is 10.8. The lowest BCUT2D eigenvalue weighted by molar-refractivity contribution is -0.385. The lowest BCUT2D eigenvalue weighted by atomic mass is 9.94. The lowest BCUT2D eigenvalue weighted by Gasteiger charge is -2.24. The quantitative estimate of drug-likeness (QED) is 0.630. The lowest BCUT2D eigenvalue weighted by Crippen LogP contribution is -2.15. The molecule has 1 unspecified atom stereocenters. The molecule has 0 radical (unpaired) electrons. The molecule has 2 aromatic rings. The Morgan fingerprint density at radius 1 is 1.40 bits per heavy atom. The van der Waals surface area contributed by atoms with E-state index in [1.54, 1.807) is 12.1 Å². The van der Waals surface area contributed by atoms with Gasteiger partial charge in [0.05, 0.1) is 15.4 Å². The second-order valence-corrected chi connectivity index (χ2v) is 6.67. The van der Waals surface area contributed by atoms with Crippen molar-refractivity contribution >= 4 is 38.6 Å². The van der Waals surface area contributed by atoms with Crippen molar-refractivity contribution in [3.63, 3.8) is 0 Å². The van der Waals surface area contributed by atoms with E-state index in [9.17, 15) is 10.1 Å². The third-order valence-electron chi connectivity index (χ3n) is 3.54. The van der Waals surface area contributed by atoms with Gasteiger partial charge in [0, 0.05) is 16.6 Å². The van der Waals surface area contributed by atoms with E-state index < -0.39 is 0 Å². The molecule has 0 amide bonds. The van der Waals surface area contributed by atoms with Gasteiger partial charge in [0.1, 0.15) is 0 Å². The number of benzene rings is 1. The Hall–Kier alpha value is -1.40. The molecular formula is C14H13BrN2O2S. The molecule has 0 spiro atoms. The summed E-state index contributed by atoms with van der Waals surface area (Å²) in [5, 5.41) is 16.4. The minimum Gasteiger partial charge on any atom is -0.378 e. The second kappa shape index (κ2) is 5.54. The van der Waals surface area contributed by atoms with Gasteiger partial charge in [0.2, 0.25) is 0 Å². The molecule has 20 heavy (non-hydrogen) atoms. The molecular weight excluding hydrogens is 340 g/mol. The zero-order chi connectivity index (χ0) is 14.1. The van der Waals surface area contributed by atoms with Crippen LogP contribution in [0.4, 0.5) is 11.4 Å². The molecule has 6 heteroatoms. The summed E-state index contributed by atoms with van der Waals surface area (Å²) in [5.41, 5.74) is 2.37. The Morgan fingerprint density at radius 3 is 3.00 bits per heavy atom. The SMILES string of the molecule is O=[N+]([O-])c1ccc(NC2CCCc3sccc32)cc1Br. The maximum Gasteiger partial charge on any atom is 0.283 e. The summed E-state index contributed by atoms with van der Waals surface area (Å²) in [4.78, 5) is 11.9. The van der Waals surface area contributed by atoms with E-state index in [0.717, 1.165) is 18.5 Å². The van der Waals surface area contributed by atoms with Crippen molar-refractivity contribution in [2.75, 3.05) is 5.32 Å². The molecule has 1 N–H and O–H groups in total. The van der Waals surface area contributed by atoms with Crippen LogP contribution in [-0.4, -0.2) is 4.92 Å². The number of hydrogen-bond acceptors (Lipinski definition) is 4. The first-order chi connectivity index (χ1) is 9.65. The van der Waals surface area contributed by atoms with Crippen LogP contribution in [0.5, 0.6) is 0 Å². The molecule has 4 nitrogen and oxygen atoms in total. The number of nitro groups is 1. The molecule has 1 atom stereocenters. The van der Waals surface area contributed by atoms with Gasteiger partial charge >= 0.3 is 0 Å². The number of thiophene rings is 1. The van der Waals surface area contributed by atoms with Gasteiger partial charge < -0.3 is 5.32 Å². The number of aryl methyl sites for hydroxylation is 1. The number of nitrogens with one attached hydrogen (secondary N) is 1.